The molecule has 2 aromatic carbocycles. The summed E-state index contributed by atoms with van der Waals surface area (Å²) in [5.41, 5.74) is 1.68. The molecule has 1 aliphatic rings. The Kier molecular flexibility index (Phi) is 5.24. The normalized spacial score (nSPS) is 15.4. The first-order chi connectivity index (χ1) is 12.9. The summed E-state index contributed by atoms with van der Waals surface area (Å²) in [6, 6.07) is 10.6. The van der Waals surface area contributed by atoms with Gasteiger partial charge in [0.2, 0.25) is 0 Å². The summed E-state index contributed by atoms with van der Waals surface area (Å²) in [6.07, 6.45) is 3.92. The van der Waals surface area contributed by atoms with Crippen LogP contribution in [0.25, 0.3) is 6.08 Å². The van der Waals surface area contributed by atoms with Crippen LogP contribution in [0, 0.1) is 0 Å². The summed E-state index contributed by atoms with van der Waals surface area (Å²) in [5, 5.41) is 9.88. The van der Waals surface area contributed by atoms with Gasteiger partial charge in [0.05, 0.1) is 26.7 Å². The highest BCUT2D eigenvalue weighted by Gasteiger charge is 2.26. The Labute approximate surface area is 159 Å². The van der Waals surface area contributed by atoms with Gasteiger partial charge in [-0.3, -0.25) is 4.79 Å². The molecule has 0 aromatic heterocycles. The average molecular weight is 368 g/mol. The van der Waals surface area contributed by atoms with Crippen molar-refractivity contribution in [3.63, 3.8) is 0 Å². The van der Waals surface area contributed by atoms with E-state index in [1.807, 2.05) is 26.0 Å². The van der Waals surface area contributed by atoms with Crippen LogP contribution in [0.15, 0.2) is 42.5 Å². The SMILES string of the molecule is COc1ccc(C(CO)C(=O)c2ccc3c(c2)C=CC(C)(C)O3)cc1OC. The van der Waals surface area contributed by atoms with Crippen LogP contribution in [0.4, 0.5) is 0 Å². The minimum absolute atomic E-state index is 0.161. The summed E-state index contributed by atoms with van der Waals surface area (Å²) in [6.45, 7) is 3.65. The molecule has 5 nitrogen and oxygen atoms in total. The molecule has 1 aliphatic heterocycles. The van der Waals surface area contributed by atoms with Crippen molar-refractivity contribution < 1.29 is 24.1 Å². The Morgan fingerprint density at radius 2 is 1.85 bits per heavy atom. The van der Waals surface area contributed by atoms with E-state index in [1.165, 1.54) is 7.11 Å². The van der Waals surface area contributed by atoms with Crippen LogP contribution in [-0.4, -0.2) is 37.3 Å². The quantitative estimate of drug-likeness (QED) is 0.785. The van der Waals surface area contributed by atoms with Gasteiger partial charge in [-0.2, -0.15) is 0 Å². The van der Waals surface area contributed by atoms with E-state index in [0.29, 0.717) is 22.6 Å². The predicted molar refractivity (Wildman–Crippen MR) is 104 cm³/mol. The minimum atomic E-state index is -0.687. The number of hydrogen-bond donors (Lipinski definition) is 1. The van der Waals surface area contributed by atoms with E-state index < -0.39 is 5.92 Å². The van der Waals surface area contributed by atoms with Crippen LogP contribution in [-0.2, 0) is 0 Å². The lowest BCUT2D eigenvalue weighted by Gasteiger charge is -2.28. The van der Waals surface area contributed by atoms with Gasteiger partial charge in [-0.05, 0) is 55.8 Å². The maximum absolute atomic E-state index is 13.0. The minimum Gasteiger partial charge on any atom is -0.493 e. The van der Waals surface area contributed by atoms with Crippen LogP contribution in [0.1, 0.15) is 41.3 Å². The lowest BCUT2D eigenvalue weighted by Crippen LogP contribution is -2.27. The van der Waals surface area contributed by atoms with Crippen molar-refractivity contribution in [3.05, 3.63) is 59.2 Å². The largest absolute Gasteiger partial charge is 0.493 e. The van der Waals surface area contributed by atoms with Crippen molar-refractivity contribution in [2.24, 2.45) is 0 Å². The number of Topliss-reactive ketones (excluding diaryl/α,β-unsaturated/α-hetero) is 1. The van der Waals surface area contributed by atoms with Crippen molar-refractivity contribution in [3.8, 4) is 17.2 Å². The van der Waals surface area contributed by atoms with Gasteiger partial charge in [0, 0.05) is 11.1 Å². The van der Waals surface area contributed by atoms with Crippen LogP contribution in [0.5, 0.6) is 17.2 Å². The van der Waals surface area contributed by atoms with Gasteiger partial charge in [0.25, 0.3) is 0 Å². The van der Waals surface area contributed by atoms with Gasteiger partial charge in [0.15, 0.2) is 17.3 Å². The number of aliphatic hydroxyl groups excluding tert-OH is 1. The van der Waals surface area contributed by atoms with E-state index in [4.69, 9.17) is 14.2 Å². The maximum Gasteiger partial charge on any atom is 0.172 e. The van der Waals surface area contributed by atoms with Crippen LogP contribution in [0.2, 0.25) is 0 Å². The molecule has 0 radical (unpaired) electrons. The molecule has 3 rings (SSSR count). The molecule has 0 fully saturated rings. The summed E-state index contributed by atoms with van der Waals surface area (Å²) < 4.78 is 16.4. The fourth-order valence-corrected chi connectivity index (χ4v) is 3.14. The first-order valence-corrected chi connectivity index (χ1v) is 8.78. The number of fused-ring (bicyclic) bond motifs is 1. The van der Waals surface area contributed by atoms with E-state index in [0.717, 1.165) is 11.3 Å². The molecular weight excluding hydrogens is 344 g/mol. The molecule has 27 heavy (non-hydrogen) atoms. The molecule has 0 aliphatic carbocycles. The van der Waals surface area contributed by atoms with E-state index in [1.54, 1.807) is 43.5 Å². The number of benzene rings is 2. The number of aliphatic hydroxyl groups is 1. The molecule has 142 valence electrons. The molecule has 1 atom stereocenters. The standard InChI is InChI=1S/C22H24O5/c1-22(2)10-9-15-11-16(6-7-18(15)27-22)21(24)17(13-23)14-5-8-19(25-3)20(12-14)26-4/h5-12,17,23H,13H2,1-4H3. The lowest BCUT2D eigenvalue weighted by atomic mass is 9.89. The van der Waals surface area contributed by atoms with Crippen LogP contribution in [0.3, 0.4) is 0 Å². The van der Waals surface area contributed by atoms with E-state index in [9.17, 15) is 9.90 Å². The van der Waals surface area contributed by atoms with E-state index in [2.05, 4.69) is 0 Å². The second-order valence-electron chi connectivity index (χ2n) is 7.01. The third kappa shape index (κ3) is 3.83. The van der Waals surface area contributed by atoms with Gasteiger partial charge < -0.3 is 19.3 Å². The molecule has 1 N–H and O–H groups in total. The number of carbonyl (C=O) groups is 1. The lowest BCUT2D eigenvalue weighted by molar-refractivity contribution is 0.0922. The second-order valence-corrected chi connectivity index (χ2v) is 7.01. The zero-order chi connectivity index (χ0) is 19.6. The number of carbonyl (C=O) groups excluding carboxylic acids is 1. The molecule has 2 aromatic rings. The Balaban J connectivity index is 1.92. The Morgan fingerprint density at radius 1 is 1.11 bits per heavy atom. The fraction of sp³-hybridized carbons (Fsp3) is 0.318. The Morgan fingerprint density at radius 3 is 2.52 bits per heavy atom. The molecular formula is C22H24O5. The van der Waals surface area contributed by atoms with Crippen LogP contribution < -0.4 is 14.2 Å². The predicted octanol–water partition coefficient (Wildman–Crippen LogP) is 3.85. The summed E-state index contributed by atoms with van der Waals surface area (Å²) in [4.78, 5) is 13.0. The summed E-state index contributed by atoms with van der Waals surface area (Å²) in [5.74, 6) is 0.985. The van der Waals surface area contributed by atoms with Crippen molar-refractivity contribution in [1.29, 1.82) is 0 Å². The third-order valence-electron chi connectivity index (χ3n) is 4.64. The van der Waals surface area contributed by atoms with Crippen molar-refractivity contribution in [1.82, 2.24) is 0 Å². The van der Waals surface area contributed by atoms with E-state index >= 15 is 0 Å². The molecule has 0 bridgehead atoms. The van der Waals surface area contributed by atoms with Crippen molar-refractivity contribution in [2.75, 3.05) is 20.8 Å². The maximum atomic E-state index is 13.0. The van der Waals surface area contributed by atoms with E-state index in [-0.39, 0.29) is 18.0 Å². The summed E-state index contributed by atoms with van der Waals surface area (Å²) in [7, 11) is 3.09. The van der Waals surface area contributed by atoms with Gasteiger partial charge in [0.1, 0.15) is 11.4 Å². The molecule has 5 heteroatoms. The van der Waals surface area contributed by atoms with Gasteiger partial charge in [-0.15, -0.1) is 0 Å². The third-order valence-corrected chi connectivity index (χ3v) is 4.64. The highest BCUT2D eigenvalue weighted by atomic mass is 16.5. The molecule has 0 saturated carbocycles. The first kappa shape index (κ1) is 19.0. The summed E-state index contributed by atoms with van der Waals surface area (Å²) >= 11 is 0. The average Bonchev–Trinajstić information content (AvgIpc) is 2.67. The smallest absolute Gasteiger partial charge is 0.172 e. The molecule has 1 heterocycles. The number of hydrogen-bond acceptors (Lipinski definition) is 5. The molecule has 1 unspecified atom stereocenters. The first-order valence-electron chi connectivity index (χ1n) is 8.78. The molecule has 0 saturated heterocycles. The Bertz CT molecular complexity index is 882. The highest BCUT2D eigenvalue weighted by molar-refractivity contribution is 6.01. The van der Waals surface area contributed by atoms with Gasteiger partial charge >= 0.3 is 0 Å². The monoisotopic (exact) mass is 368 g/mol. The Hall–Kier alpha value is -2.79. The number of rotatable bonds is 6. The van der Waals surface area contributed by atoms with Crippen LogP contribution >= 0.6 is 0 Å². The van der Waals surface area contributed by atoms with Crippen molar-refractivity contribution in [2.45, 2.75) is 25.4 Å². The fourth-order valence-electron chi connectivity index (χ4n) is 3.14. The number of ether oxygens (including phenoxy) is 3. The number of ketones is 1. The molecule has 0 amide bonds. The van der Waals surface area contributed by atoms with Gasteiger partial charge in [-0.1, -0.05) is 12.1 Å². The van der Waals surface area contributed by atoms with Gasteiger partial charge in [-0.25, -0.2) is 0 Å². The zero-order valence-electron chi connectivity index (χ0n) is 16.0. The zero-order valence-corrected chi connectivity index (χ0v) is 16.0. The number of methoxy groups -OCH3 is 2. The van der Waals surface area contributed by atoms with Crippen molar-refractivity contribution >= 4 is 11.9 Å². The second kappa shape index (κ2) is 7.45. The highest BCUT2D eigenvalue weighted by Crippen LogP contribution is 2.34. The topological polar surface area (TPSA) is 65.0 Å². The molecule has 0 spiro atoms.